The van der Waals surface area contributed by atoms with Gasteiger partial charge in [-0.2, -0.15) is 0 Å². The molecule has 1 nitrogen and oxygen atoms in total. The summed E-state index contributed by atoms with van der Waals surface area (Å²) in [6.45, 7) is 1.96. The van der Waals surface area contributed by atoms with E-state index < -0.39 is 17.4 Å². The smallest absolute Gasteiger partial charge is 0.196 e. The zero-order valence-corrected chi connectivity index (χ0v) is 9.91. The van der Waals surface area contributed by atoms with E-state index in [-0.39, 0.29) is 5.56 Å². The van der Waals surface area contributed by atoms with Crippen molar-refractivity contribution in [2.45, 2.75) is 13.3 Å². The standard InChI is InChI=1S/C15H12F2O/c1-2-10-5-3-6-11(9-10)15(18)12-7-4-8-13(16)14(12)17/h3-9H,2H2,1H3. The van der Waals surface area contributed by atoms with Crippen molar-refractivity contribution in [2.24, 2.45) is 0 Å². The molecule has 0 aliphatic carbocycles. The van der Waals surface area contributed by atoms with Gasteiger partial charge in [0.25, 0.3) is 0 Å². The Balaban J connectivity index is 2.44. The molecule has 0 bridgehead atoms. The number of benzene rings is 2. The van der Waals surface area contributed by atoms with Crippen LogP contribution in [0, 0.1) is 11.6 Å². The Bertz CT molecular complexity index is 591. The summed E-state index contributed by atoms with van der Waals surface area (Å²) < 4.78 is 26.6. The van der Waals surface area contributed by atoms with Crippen molar-refractivity contribution in [3.8, 4) is 0 Å². The van der Waals surface area contributed by atoms with Gasteiger partial charge in [0.1, 0.15) is 0 Å². The number of aryl methyl sites for hydroxylation is 1. The molecule has 2 aromatic rings. The largest absolute Gasteiger partial charge is 0.288 e. The average molecular weight is 246 g/mol. The predicted molar refractivity (Wildman–Crippen MR) is 65.6 cm³/mol. The van der Waals surface area contributed by atoms with Gasteiger partial charge in [0, 0.05) is 5.56 Å². The van der Waals surface area contributed by atoms with Crippen LogP contribution in [0.2, 0.25) is 0 Å². The van der Waals surface area contributed by atoms with Crippen molar-refractivity contribution < 1.29 is 13.6 Å². The van der Waals surface area contributed by atoms with Crippen LogP contribution in [0.1, 0.15) is 28.4 Å². The van der Waals surface area contributed by atoms with Gasteiger partial charge >= 0.3 is 0 Å². The van der Waals surface area contributed by atoms with E-state index >= 15 is 0 Å². The molecule has 0 atom stereocenters. The maximum absolute atomic E-state index is 13.5. The molecule has 18 heavy (non-hydrogen) atoms. The number of carbonyl (C=O) groups is 1. The fraction of sp³-hybridized carbons (Fsp3) is 0.133. The van der Waals surface area contributed by atoms with Crippen LogP contribution >= 0.6 is 0 Å². The van der Waals surface area contributed by atoms with E-state index in [9.17, 15) is 13.6 Å². The molecule has 0 spiro atoms. The Kier molecular flexibility index (Phi) is 3.51. The van der Waals surface area contributed by atoms with Gasteiger partial charge in [0.05, 0.1) is 5.56 Å². The van der Waals surface area contributed by atoms with E-state index in [2.05, 4.69) is 0 Å². The van der Waals surface area contributed by atoms with Crippen LogP contribution in [0.25, 0.3) is 0 Å². The van der Waals surface area contributed by atoms with Crippen LogP contribution in [0.15, 0.2) is 42.5 Å². The van der Waals surface area contributed by atoms with Crippen LogP contribution in [-0.4, -0.2) is 5.78 Å². The third-order valence-corrected chi connectivity index (χ3v) is 2.79. The van der Waals surface area contributed by atoms with E-state index in [1.165, 1.54) is 12.1 Å². The van der Waals surface area contributed by atoms with Crippen molar-refractivity contribution in [1.82, 2.24) is 0 Å². The first-order chi connectivity index (χ1) is 8.63. The number of hydrogen-bond donors (Lipinski definition) is 0. The van der Waals surface area contributed by atoms with Gasteiger partial charge in [-0.15, -0.1) is 0 Å². The molecular formula is C15H12F2O. The molecule has 2 aromatic carbocycles. The molecule has 0 saturated carbocycles. The molecule has 0 aromatic heterocycles. The summed E-state index contributed by atoms with van der Waals surface area (Å²) in [6, 6.07) is 10.5. The third kappa shape index (κ3) is 2.30. The van der Waals surface area contributed by atoms with Crippen molar-refractivity contribution >= 4 is 5.78 Å². The van der Waals surface area contributed by atoms with E-state index in [1.54, 1.807) is 18.2 Å². The molecule has 0 N–H and O–H groups in total. The van der Waals surface area contributed by atoms with E-state index in [0.717, 1.165) is 18.1 Å². The van der Waals surface area contributed by atoms with Crippen LogP contribution in [0.4, 0.5) is 8.78 Å². The highest BCUT2D eigenvalue weighted by Gasteiger charge is 2.16. The second-order valence-corrected chi connectivity index (χ2v) is 3.98. The maximum atomic E-state index is 13.5. The summed E-state index contributed by atoms with van der Waals surface area (Å²) in [7, 11) is 0. The highest BCUT2D eigenvalue weighted by Crippen LogP contribution is 2.17. The second kappa shape index (κ2) is 5.08. The summed E-state index contributed by atoms with van der Waals surface area (Å²) in [4.78, 5) is 12.1. The van der Waals surface area contributed by atoms with Gasteiger partial charge in [-0.25, -0.2) is 8.78 Å². The van der Waals surface area contributed by atoms with Crippen molar-refractivity contribution in [3.63, 3.8) is 0 Å². The average Bonchev–Trinajstić information content (AvgIpc) is 2.41. The number of carbonyl (C=O) groups excluding carboxylic acids is 1. The normalized spacial score (nSPS) is 10.4. The number of hydrogen-bond acceptors (Lipinski definition) is 1. The fourth-order valence-electron chi connectivity index (χ4n) is 1.77. The van der Waals surface area contributed by atoms with Gasteiger partial charge in [-0.1, -0.05) is 31.2 Å². The van der Waals surface area contributed by atoms with Crippen LogP contribution in [0.5, 0.6) is 0 Å². The highest BCUT2D eigenvalue weighted by atomic mass is 19.2. The van der Waals surface area contributed by atoms with E-state index in [0.29, 0.717) is 5.56 Å². The summed E-state index contributed by atoms with van der Waals surface area (Å²) in [5, 5.41) is 0. The number of ketones is 1. The van der Waals surface area contributed by atoms with Gasteiger partial charge in [-0.05, 0) is 30.2 Å². The van der Waals surface area contributed by atoms with Crippen molar-refractivity contribution in [2.75, 3.05) is 0 Å². The zero-order chi connectivity index (χ0) is 13.1. The predicted octanol–water partition coefficient (Wildman–Crippen LogP) is 3.76. The lowest BCUT2D eigenvalue weighted by Crippen LogP contribution is -2.06. The Labute approximate surface area is 104 Å². The lowest BCUT2D eigenvalue weighted by atomic mass is 10.00. The van der Waals surface area contributed by atoms with Gasteiger partial charge in [-0.3, -0.25) is 4.79 Å². The molecule has 0 saturated heterocycles. The minimum absolute atomic E-state index is 0.233. The van der Waals surface area contributed by atoms with Crippen molar-refractivity contribution in [1.29, 1.82) is 0 Å². The molecule has 92 valence electrons. The second-order valence-electron chi connectivity index (χ2n) is 3.98. The van der Waals surface area contributed by atoms with E-state index in [1.807, 2.05) is 13.0 Å². The highest BCUT2D eigenvalue weighted by molar-refractivity contribution is 6.09. The molecule has 0 amide bonds. The third-order valence-electron chi connectivity index (χ3n) is 2.79. The SMILES string of the molecule is CCc1cccc(C(=O)c2cccc(F)c2F)c1. The molecule has 0 heterocycles. The monoisotopic (exact) mass is 246 g/mol. The first-order valence-corrected chi connectivity index (χ1v) is 5.71. The maximum Gasteiger partial charge on any atom is 0.196 e. The van der Waals surface area contributed by atoms with Gasteiger partial charge < -0.3 is 0 Å². The minimum Gasteiger partial charge on any atom is -0.288 e. The lowest BCUT2D eigenvalue weighted by Gasteiger charge is -2.05. The molecule has 0 unspecified atom stereocenters. The zero-order valence-electron chi connectivity index (χ0n) is 9.91. The van der Waals surface area contributed by atoms with E-state index in [4.69, 9.17) is 0 Å². The topological polar surface area (TPSA) is 17.1 Å². The van der Waals surface area contributed by atoms with Gasteiger partial charge in [0.15, 0.2) is 17.4 Å². The molecule has 2 rings (SSSR count). The quantitative estimate of drug-likeness (QED) is 0.754. The first kappa shape index (κ1) is 12.4. The van der Waals surface area contributed by atoms with Crippen LogP contribution < -0.4 is 0 Å². The Morgan fingerprint density at radius 3 is 2.56 bits per heavy atom. The fourth-order valence-corrected chi connectivity index (χ4v) is 1.77. The van der Waals surface area contributed by atoms with Crippen molar-refractivity contribution in [3.05, 3.63) is 70.8 Å². The molecular weight excluding hydrogens is 234 g/mol. The summed E-state index contributed by atoms with van der Waals surface area (Å²) >= 11 is 0. The minimum atomic E-state index is -1.09. The summed E-state index contributed by atoms with van der Waals surface area (Å²) in [5.41, 5.74) is 1.12. The molecule has 0 fully saturated rings. The Morgan fingerprint density at radius 2 is 1.83 bits per heavy atom. The Morgan fingerprint density at radius 1 is 1.11 bits per heavy atom. The first-order valence-electron chi connectivity index (χ1n) is 5.71. The van der Waals surface area contributed by atoms with Crippen LogP contribution in [-0.2, 0) is 6.42 Å². The molecule has 0 radical (unpaired) electrons. The lowest BCUT2D eigenvalue weighted by molar-refractivity contribution is 0.103. The summed E-state index contributed by atoms with van der Waals surface area (Å²) in [5.74, 6) is -2.60. The molecule has 0 aliphatic heterocycles. The van der Waals surface area contributed by atoms with Crippen LogP contribution in [0.3, 0.4) is 0 Å². The number of halogens is 2. The molecule has 3 heteroatoms. The molecule has 0 aliphatic rings. The summed E-state index contributed by atoms with van der Waals surface area (Å²) in [6.07, 6.45) is 0.784. The van der Waals surface area contributed by atoms with Gasteiger partial charge in [0.2, 0.25) is 0 Å². The number of rotatable bonds is 3. The Hall–Kier alpha value is -2.03.